The highest BCUT2D eigenvalue weighted by Gasteiger charge is 2.23. The summed E-state index contributed by atoms with van der Waals surface area (Å²) in [5, 5.41) is 15.7. The van der Waals surface area contributed by atoms with Gasteiger partial charge in [-0.1, -0.05) is 30.3 Å². The third kappa shape index (κ3) is 5.26. The largest absolute Gasteiger partial charge is 0.473 e. The lowest BCUT2D eigenvalue weighted by molar-refractivity contribution is -0.390. The van der Waals surface area contributed by atoms with Gasteiger partial charge in [-0.3, -0.25) is 10.1 Å². The van der Waals surface area contributed by atoms with Gasteiger partial charge in [0.05, 0.1) is 0 Å². The standard InChI is InChI=1S/C17H18N4O5/c1-11-8-9-14(15(19-11)21(24)25)26-12(2)16(22)20-17(23)18-10-13-6-4-3-5-7-13/h3-9,12H,10H2,1-2H3,(H2,18,20,22,23)/t12-/m0/s1. The van der Waals surface area contributed by atoms with E-state index < -0.39 is 28.8 Å². The number of ether oxygens (including phenoxy) is 1. The fourth-order valence-corrected chi connectivity index (χ4v) is 2.03. The number of nitrogens with one attached hydrogen (secondary N) is 2. The summed E-state index contributed by atoms with van der Waals surface area (Å²) in [5.41, 5.74) is 1.32. The van der Waals surface area contributed by atoms with Gasteiger partial charge in [0.1, 0.15) is 5.69 Å². The maximum absolute atomic E-state index is 12.0. The minimum absolute atomic E-state index is 0.145. The van der Waals surface area contributed by atoms with Crippen LogP contribution in [0.15, 0.2) is 42.5 Å². The second kappa shape index (κ2) is 8.56. The van der Waals surface area contributed by atoms with Crippen molar-refractivity contribution in [1.82, 2.24) is 15.6 Å². The Hall–Kier alpha value is -3.49. The molecule has 26 heavy (non-hydrogen) atoms. The SMILES string of the molecule is Cc1ccc(O[C@@H](C)C(=O)NC(=O)NCc2ccccc2)c([N+](=O)[O-])n1. The van der Waals surface area contributed by atoms with Crippen molar-refractivity contribution in [3.05, 3.63) is 63.8 Å². The van der Waals surface area contributed by atoms with E-state index in [0.717, 1.165) is 5.56 Å². The van der Waals surface area contributed by atoms with E-state index in [0.29, 0.717) is 5.69 Å². The van der Waals surface area contributed by atoms with Crippen LogP contribution in [-0.4, -0.2) is 27.9 Å². The van der Waals surface area contributed by atoms with Crippen molar-refractivity contribution < 1.29 is 19.2 Å². The first-order valence-electron chi connectivity index (χ1n) is 7.78. The predicted molar refractivity (Wildman–Crippen MR) is 92.5 cm³/mol. The van der Waals surface area contributed by atoms with Crippen LogP contribution >= 0.6 is 0 Å². The summed E-state index contributed by atoms with van der Waals surface area (Å²) >= 11 is 0. The van der Waals surface area contributed by atoms with Crippen LogP contribution in [0.3, 0.4) is 0 Å². The first kappa shape index (κ1) is 18.8. The zero-order valence-corrected chi connectivity index (χ0v) is 14.3. The molecule has 0 saturated heterocycles. The Morgan fingerprint density at radius 1 is 1.23 bits per heavy atom. The number of pyridine rings is 1. The average molecular weight is 358 g/mol. The number of carbonyl (C=O) groups is 2. The molecule has 0 aliphatic carbocycles. The van der Waals surface area contributed by atoms with E-state index in [1.807, 2.05) is 30.3 Å². The minimum Gasteiger partial charge on any atom is -0.473 e. The smallest absolute Gasteiger partial charge is 0.406 e. The number of nitro groups is 1. The fraction of sp³-hybridized carbons (Fsp3) is 0.235. The Morgan fingerprint density at radius 2 is 1.92 bits per heavy atom. The quantitative estimate of drug-likeness (QED) is 0.602. The molecule has 1 heterocycles. The van der Waals surface area contributed by atoms with E-state index in [1.165, 1.54) is 19.1 Å². The summed E-state index contributed by atoms with van der Waals surface area (Å²) in [6, 6.07) is 11.4. The molecule has 9 nitrogen and oxygen atoms in total. The molecule has 0 spiro atoms. The molecule has 0 aliphatic rings. The molecule has 2 aromatic rings. The van der Waals surface area contributed by atoms with Crippen LogP contribution in [0.25, 0.3) is 0 Å². The summed E-state index contributed by atoms with van der Waals surface area (Å²) in [7, 11) is 0. The zero-order valence-electron chi connectivity index (χ0n) is 14.3. The van der Waals surface area contributed by atoms with Gasteiger partial charge in [-0.2, -0.15) is 0 Å². The van der Waals surface area contributed by atoms with Crippen LogP contribution in [-0.2, 0) is 11.3 Å². The molecule has 2 rings (SSSR count). The van der Waals surface area contributed by atoms with E-state index in [2.05, 4.69) is 15.6 Å². The highest BCUT2D eigenvalue weighted by atomic mass is 16.6. The third-order valence-electron chi connectivity index (χ3n) is 3.36. The van der Waals surface area contributed by atoms with Gasteiger partial charge in [0.25, 0.3) is 5.91 Å². The van der Waals surface area contributed by atoms with E-state index in [-0.39, 0.29) is 12.3 Å². The van der Waals surface area contributed by atoms with E-state index >= 15 is 0 Å². The van der Waals surface area contributed by atoms with Gasteiger partial charge in [0.2, 0.25) is 5.75 Å². The zero-order chi connectivity index (χ0) is 19.1. The molecule has 0 fully saturated rings. The summed E-state index contributed by atoms with van der Waals surface area (Å²) in [4.78, 5) is 37.9. The molecule has 2 N–H and O–H groups in total. The van der Waals surface area contributed by atoms with Crippen LogP contribution in [0.1, 0.15) is 18.2 Å². The number of nitrogens with zero attached hydrogens (tertiary/aromatic N) is 2. The molecule has 0 aliphatic heterocycles. The average Bonchev–Trinajstić information content (AvgIpc) is 2.62. The number of urea groups is 1. The van der Waals surface area contributed by atoms with Gasteiger partial charge in [-0.05, 0) is 34.5 Å². The van der Waals surface area contributed by atoms with Gasteiger partial charge in [-0.25, -0.2) is 4.79 Å². The number of rotatable bonds is 6. The highest BCUT2D eigenvalue weighted by Crippen LogP contribution is 2.25. The molecule has 1 aromatic carbocycles. The molecular weight excluding hydrogens is 340 g/mol. The second-order valence-electron chi connectivity index (χ2n) is 5.45. The Bertz CT molecular complexity index is 810. The topological polar surface area (TPSA) is 123 Å². The lowest BCUT2D eigenvalue weighted by Gasteiger charge is -2.14. The van der Waals surface area contributed by atoms with Crippen molar-refractivity contribution in [2.45, 2.75) is 26.5 Å². The summed E-state index contributed by atoms with van der Waals surface area (Å²) in [5.74, 6) is -1.36. The Labute approximate surface area is 149 Å². The molecule has 0 bridgehead atoms. The third-order valence-corrected chi connectivity index (χ3v) is 3.36. The molecule has 0 saturated carbocycles. The minimum atomic E-state index is -1.12. The van der Waals surface area contributed by atoms with Crippen molar-refractivity contribution in [3.8, 4) is 5.75 Å². The molecule has 1 aromatic heterocycles. The second-order valence-corrected chi connectivity index (χ2v) is 5.45. The van der Waals surface area contributed by atoms with Gasteiger partial charge in [0.15, 0.2) is 6.10 Å². The first-order chi connectivity index (χ1) is 12.4. The molecule has 0 unspecified atom stereocenters. The molecule has 9 heteroatoms. The van der Waals surface area contributed by atoms with Crippen LogP contribution in [0.2, 0.25) is 0 Å². The van der Waals surface area contributed by atoms with Gasteiger partial charge >= 0.3 is 11.8 Å². The summed E-state index contributed by atoms with van der Waals surface area (Å²) < 4.78 is 5.29. The summed E-state index contributed by atoms with van der Waals surface area (Å²) in [6.07, 6.45) is -1.12. The summed E-state index contributed by atoms with van der Waals surface area (Å²) in [6.45, 7) is 3.23. The lowest BCUT2D eigenvalue weighted by atomic mass is 10.2. The maximum atomic E-state index is 12.0. The number of carbonyl (C=O) groups excluding carboxylic acids is 2. The first-order valence-corrected chi connectivity index (χ1v) is 7.78. The van der Waals surface area contributed by atoms with Crippen LogP contribution < -0.4 is 15.4 Å². The number of amides is 3. The van der Waals surface area contributed by atoms with Crippen molar-refractivity contribution in [2.75, 3.05) is 0 Å². The molecule has 136 valence electrons. The van der Waals surface area contributed by atoms with Crippen LogP contribution in [0, 0.1) is 17.0 Å². The number of hydrogen-bond acceptors (Lipinski definition) is 6. The highest BCUT2D eigenvalue weighted by molar-refractivity contribution is 5.96. The molecule has 1 atom stereocenters. The van der Waals surface area contributed by atoms with E-state index in [4.69, 9.17) is 4.74 Å². The monoisotopic (exact) mass is 358 g/mol. The number of benzene rings is 1. The number of aryl methyl sites for hydroxylation is 1. The van der Waals surface area contributed by atoms with Crippen molar-refractivity contribution in [3.63, 3.8) is 0 Å². The van der Waals surface area contributed by atoms with Crippen LogP contribution in [0.4, 0.5) is 10.6 Å². The van der Waals surface area contributed by atoms with E-state index in [9.17, 15) is 19.7 Å². The fourth-order valence-electron chi connectivity index (χ4n) is 2.03. The Balaban J connectivity index is 1.91. The van der Waals surface area contributed by atoms with E-state index in [1.54, 1.807) is 6.92 Å². The van der Waals surface area contributed by atoms with Crippen molar-refractivity contribution >= 4 is 17.8 Å². The van der Waals surface area contributed by atoms with Gasteiger partial charge < -0.3 is 20.2 Å². The van der Waals surface area contributed by atoms with Gasteiger partial charge in [-0.15, -0.1) is 0 Å². The van der Waals surface area contributed by atoms with Crippen molar-refractivity contribution in [2.24, 2.45) is 0 Å². The maximum Gasteiger partial charge on any atom is 0.406 e. The predicted octanol–water partition coefficient (Wildman–Crippen LogP) is 2.09. The van der Waals surface area contributed by atoms with Crippen LogP contribution in [0.5, 0.6) is 5.75 Å². The lowest BCUT2D eigenvalue weighted by Crippen LogP contribution is -2.44. The number of aromatic nitrogens is 1. The number of hydrogen-bond donors (Lipinski definition) is 2. The number of imide groups is 1. The molecule has 0 radical (unpaired) electrons. The Kier molecular flexibility index (Phi) is 6.20. The van der Waals surface area contributed by atoms with Crippen molar-refractivity contribution in [1.29, 1.82) is 0 Å². The van der Waals surface area contributed by atoms with Gasteiger partial charge in [0, 0.05) is 13.5 Å². The normalized spacial score (nSPS) is 11.3. The molecular formula is C17H18N4O5. The Morgan fingerprint density at radius 3 is 2.58 bits per heavy atom. The molecule has 3 amide bonds.